The van der Waals surface area contributed by atoms with E-state index >= 15 is 0 Å². The second kappa shape index (κ2) is 10.1. The van der Waals surface area contributed by atoms with Gasteiger partial charge in [-0.1, -0.05) is 25.5 Å². The second-order valence-corrected chi connectivity index (χ2v) is 4.42. The summed E-state index contributed by atoms with van der Waals surface area (Å²) in [5.74, 6) is -1.32. The number of nitrogens with one attached hydrogen (secondary N) is 2. The first-order chi connectivity index (χ1) is 9.56. The molecule has 0 radical (unpaired) electrons. The maximum Gasteiger partial charge on any atom is 0.254 e. The fourth-order valence-electron chi connectivity index (χ4n) is 1.68. The summed E-state index contributed by atoms with van der Waals surface area (Å²) in [6.07, 6.45) is 1.45. The third kappa shape index (κ3) is 6.55. The molecule has 1 unspecified atom stereocenters. The minimum Gasteiger partial charge on any atom is -0.353 e. The minimum absolute atomic E-state index is 0. The normalized spacial score (nSPS) is 11.2. The molecule has 0 fully saturated rings. The zero-order valence-electron chi connectivity index (χ0n) is 11.9. The number of rotatable bonds is 7. The van der Waals surface area contributed by atoms with Crippen molar-refractivity contribution >= 4 is 24.2 Å². The first-order valence-electron chi connectivity index (χ1n) is 6.62. The van der Waals surface area contributed by atoms with Gasteiger partial charge in [-0.25, -0.2) is 4.39 Å². The van der Waals surface area contributed by atoms with E-state index in [4.69, 9.17) is 5.73 Å². The van der Waals surface area contributed by atoms with Gasteiger partial charge in [0.2, 0.25) is 5.91 Å². The zero-order chi connectivity index (χ0) is 15.0. The van der Waals surface area contributed by atoms with Crippen LogP contribution in [0.4, 0.5) is 4.39 Å². The zero-order valence-corrected chi connectivity index (χ0v) is 12.7. The van der Waals surface area contributed by atoms with E-state index in [2.05, 4.69) is 10.6 Å². The van der Waals surface area contributed by atoms with Crippen molar-refractivity contribution in [1.82, 2.24) is 10.6 Å². The molecule has 0 saturated carbocycles. The van der Waals surface area contributed by atoms with Crippen LogP contribution in [0, 0.1) is 5.82 Å². The quantitative estimate of drug-likeness (QED) is 0.661. The van der Waals surface area contributed by atoms with Crippen LogP contribution in [0.25, 0.3) is 0 Å². The van der Waals surface area contributed by atoms with Gasteiger partial charge in [-0.05, 0) is 18.6 Å². The number of hydrogen-bond donors (Lipinski definition) is 3. The molecule has 0 saturated heterocycles. The van der Waals surface area contributed by atoms with Crippen LogP contribution in [0.2, 0.25) is 0 Å². The highest BCUT2D eigenvalue weighted by atomic mass is 35.5. The molecule has 0 aliphatic heterocycles. The van der Waals surface area contributed by atoms with Gasteiger partial charge < -0.3 is 16.4 Å². The molecule has 1 atom stereocenters. The summed E-state index contributed by atoms with van der Waals surface area (Å²) in [5.41, 5.74) is 5.62. The van der Waals surface area contributed by atoms with Gasteiger partial charge in [0.25, 0.3) is 5.91 Å². The lowest BCUT2D eigenvalue weighted by Crippen LogP contribution is -2.43. The van der Waals surface area contributed by atoms with E-state index in [0.29, 0.717) is 6.42 Å². The van der Waals surface area contributed by atoms with Gasteiger partial charge in [-0.15, -0.1) is 12.4 Å². The molecule has 0 spiro atoms. The molecule has 1 aromatic rings. The van der Waals surface area contributed by atoms with Crippen LogP contribution in [-0.4, -0.2) is 30.9 Å². The molecule has 1 aromatic carbocycles. The van der Waals surface area contributed by atoms with E-state index < -0.39 is 17.8 Å². The Morgan fingerprint density at radius 3 is 2.48 bits per heavy atom. The highest BCUT2D eigenvalue weighted by Gasteiger charge is 2.12. The van der Waals surface area contributed by atoms with E-state index in [1.54, 1.807) is 6.07 Å². The van der Waals surface area contributed by atoms with Crippen LogP contribution in [0.1, 0.15) is 30.1 Å². The summed E-state index contributed by atoms with van der Waals surface area (Å²) >= 11 is 0. The number of carbonyl (C=O) groups is 2. The first kappa shape index (κ1) is 19.3. The molecule has 1 rings (SSSR count). The second-order valence-electron chi connectivity index (χ2n) is 4.42. The number of amides is 2. The maximum absolute atomic E-state index is 13.3. The molecule has 0 heterocycles. The van der Waals surface area contributed by atoms with Crippen molar-refractivity contribution in [3.05, 3.63) is 35.6 Å². The van der Waals surface area contributed by atoms with Crippen LogP contribution in [-0.2, 0) is 4.79 Å². The standard InChI is InChI=1S/C14H20FN3O2.ClH/c1-2-5-12(16)14(20)18-9-8-17-13(19)10-6-3-4-7-11(10)15;/h3-4,6-7,12H,2,5,8-9,16H2,1H3,(H,17,19)(H,18,20);1H. The monoisotopic (exact) mass is 317 g/mol. The first-order valence-corrected chi connectivity index (χ1v) is 6.62. The Morgan fingerprint density at radius 2 is 1.86 bits per heavy atom. The van der Waals surface area contributed by atoms with Crippen molar-refractivity contribution in [2.75, 3.05) is 13.1 Å². The van der Waals surface area contributed by atoms with E-state index in [0.717, 1.165) is 6.42 Å². The Hall–Kier alpha value is -1.66. The lowest BCUT2D eigenvalue weighted by Gasteiger charge is -2.11. The van der Waals surface area contributed by atoms with Gasteiger partial charge in [-0.2, -0.15) is 0 Å². The average molecular weight is 318 g/mol. The third-order valence-electron chi connectivity index (χ3n) is 2.76. The summed E-state index contributed by atoms with van der Waals surface area (Å²) in [5, 5.41) is 5.15. The van der Waals surface area contributed by atoms with Gasteiger partial charge in [0.1, 0.15) is 5.82 Å². The summed E-state index contributed by atoms with van der Waals surface area (Å²) < 4.78 is 13.3. The van der Waals surface area contributed by atoms with E-state index in [1.165, 1.54) is 18.2 Å². The van der Waals surface area contributed by atoms with Crippen LogP contribution in [0.5, 0.6) is 0 Å². The fraction of sp³-hybridized carbons (Fsp3) is 0.429. The van der Waals surface area contributed by atoms with Gasteiger partial charge in [0.15, 0.2) is 0 Å². The molecule has 0 aliphatic carbocycles. The molecular weight excluding hydrogens is 297 g/mol. The third-order valence-corrected chi connectivity index (χ3v) is 2.76. The smallest absolute Gasteiger partial charge is 0.254 e. The molecule has 0 aromatic heterocycles. The van der Waals surface area contributed by atoms with Crippen LogP contribution >= 0.6 is 12.4 Å². The molecule has 7 heteroatoms. The molecule has 21 heavy (non-hydrogen) atoms. The van der Waals surface area contributed by atoms with E-state index in [9.17, 15) is 14.0 Å². The highest BCUT2D eigenvalue weighted by Crippen LogP contribution is 2.05. The number of nitrogens with two attached hydrogens (primary N) is 1. The Morgan fingerprint density at radius 1 is 1.24 bits per heavy atom. The highest BCUT2D eigenvalue weighted by molar-refractivity contribution is 5.94. The van der Waals surface area contributed by atoms with Crippen LogP contribution in [0.3, 0.4) is 0 Å². The predicted molar refractivity (Wildman–Crippen MR) is 81.9 cm³/mol. The van der Waals surface area contributed by atoms with Crippen molar-refractivity contribution in [3.63, 3.8) is 0 Å². The lowest BCUT2D eigenvalue weighted by atomic mass is 10.2. The largest absolute Gasteiger partial charge is 0.353 e. The van der Waals surface area contributed by atoms with Gasteiger partial charge >= 0.3 is 0 Å². The van der Waals surface area contributed by atoms with Crippen molar-refractivity contribution in [3.8, 4) is 0 Å². The Kier molecular flexibility index (Phi) is 9.32. The molecule has 2 amide bonds. The molecular formula is C14H21ClFN3O2. The molecule has 0 aliphatic rings. The van der Waals surface area contributed by atoms with Crippen molar-refractivity contribution in [1.29, 1.82) is 0 Å². The van der Waals surface area contributed by atoms with Crippen LogP contribution in [0.15, 0.2) is 24.3 Å². The summed E-state index contributed by atoms with van der Waals surface area (Å²) in [6.45, 7) is 2.43. The minimum atomic E-state index is -0.570. The number of carbonyl (C=O) groups excluding carboxylic acids is 2. The molecule has 4 N–H and O–H groups in total. The van der Waals surface area contributed by atoms with Gasteiger partial charge in [0, 0.05) is 13.1 Å². The topological polar surface area (TPSA) is 84.2 Å². The molecule has 5 nitrogen and oxygen atoms in total. The van der Waals surface area contributed by atoms with E-state index in [1.807, 2.05) is 6.92 Å². The maximum atomic E-state index is 13.3. The summed E-state index contributed by atoms with van der Waals surface area (Å²) in [6, 6.07) is 5.20. The van der Waals surface area contributed by atoms with Crippen molar-refractivity contribution < 1.29 is 14.0 Å². The average Bonchev–Trinajstić information content (AvgIpc) is 2.43. The fourth-order valence-corrected chi connectivity index (χ4v) is 1.68. The number of hydrogen-bond acceptors (Lipinski definition) is 3. The Balaban J connectivity index is 0.00000400. The van der Waals surface area contributed by atoms with Gasteiger partial charge in [-0.3, -0.25) is 9.59 Å². The van der Waals surface area contributed by atoms with Crippen molar-refractivity contribution in [2.45, 2.75) is 25.8 Å². The Bertz CT molecular complexity index is 471. The molecule has 118 valence electrons. The summed E-state index contributed by atoms with van der Waals surface area (Å²) in [4.78, 5) is 23.2. The SMILES string of the molecule is CCCC(N)C(=O)NCCNC(=O)c1ccccc1F.Cl. The molecule has 0 bridgehead atoms. The van der Waals surface area contributed by atoms with E-state index in [-0.39, 0.29) is 37.0 Å². The van der Waals surface area contributed by atoms with Crippen LogP contribution < -0.4 is 16.4 Å². The lowest BCUT2D eigenvalue weighted by molar-refractivity contribution is -0.122. The Labute approximate surface area is 129 Å². The number of benzene rings is 1. The predicted octanol–water partition coefficient (Wildman–Crippen LogP) is 1.22. The summed E-state index contributed by atoms with van der Waals surface area (Å²) in [7, 11) is 0. The number of halogens is 2. The van der Waals surface area contributed by atoms with Crippen molar-refractivity contribution in [2.24, 2.45) is 5.73 Å². The van der Waals surface area contributed by atoms with Gasteiger partial charge in [0.05, 0.1) is 11.6 Å².